The molecule has 6 heteroatoms. The van der Waals surface area contributed by atoms with Crippen LogP contribution >= 0.6 is 0 Å². The first-order valence-corrected chi connectivity index (χ1v) is 9.42. The van der Waals surface area contributed by atoms with Gasteiger partial charge in [-0.15, -0.1) is 0 Å². The molecule has 0 saturated heterocycles. The molecule has 0 bridgehead atoms. The van der Waals surface area contributed by atoms with Gasteiger partial charge in [-0.05, 0) is 62.7 Å². The van der Waals surface area contributed by atoms with E-state index in [1.165, 1.54) is 18.0 Å². The number of aryl methyl sites for hydroxylation is 1. The minimum Gasteiger partial charge on any atom is -0.361 e. The van der Waals surface area contributed by atoms with Crippen LogP contribution in [0.2, 0.25) is 0 Å². The van der Waals surface area contributed by atoms with Gasteiger partial charge in [-0.25, -0.2) is 13.1 Å². The van der Waals surface area contributed by atoms with Crippen molar-refractivity contribution in [3.05, 3.63) is 35.5 Å². The molecule has 22 heavy (non-hydrogen) atoms. The summed E-state index contributed by atoms with van der Waals surface area (Å²) < 4.78 is 25.4. The predicted octanol–water partition coefficient (Wildman–Crippen LogP) is 1.80. The molecular weight excluding hydrogens is 298 g/mol. The highest BCUT2D eigenvalue weighted by Gasteiger charge is 2.09. The molecule has 0 fully saturated rings. The monoisotopic (exact) mass is 323 g/mol. The molecule has 0 saturated carbocycles. The first-order valence-electron chi connectivity index (χ1n) is 7.76. The Labute approximate surface area is 132 Å². The normalized spacial score (nSPS) is 12.1. The molecule has 3 N–H and O–H groups in total. The van der Waals surface area contributed by atoms with Crippen LogP contribution in [0.3, 0.4) is 0 Å². The molecule has 1 aromatic heterocycles. The molecule has 0 radical (unpaired) electrons. The summed E-state index contributed by atoms with van der Waals surface area (Å²) >= 11 is 0. The molecule has 0 unspecified atom stereocenters. The lowest BCUT2D eigenvalue weighted by atomic mass is 10.1. The topological polar surface area (TPSA) is 74.0 Å². The molecule has 5 nitrogen and oxygen atoms in total. The number of sulfonamides is 1. The number of aromatic nitrogens is 1. The molecule has 2 rings (SSSR count). The Bertz CT molecular complexity index is 707. The average Bonchev–Trinajstić information content (AvgIpc) is 2.92. The van der Waals surface area contributed by atoms with Gasteiger partial charge in [-0.1, -0.05) is 13.0 Å². The largest absolute Gasteiger partial charge is 0.361 e. The van der Waals surface area contributed by atoms with Gasteiger partial charge < -0.3 is 10.3 Å². The molecule has 0 amide bonds. The standard InChI is InChI=1S/C16H25N3O2S/c1-3-8-18-9-6-14-12-19-16-5-4-13(11-15(14)16)7-10-22(20,21)17-2/h4-5,11-12,17-19H,3,6-10H2,1-2H3. The van der Waals surface area contributed by atoms with Crippen LogP contribution < -0.4 is 10.0 Å². The lowest BCUT2D eigenvalue weighted by molar-refractivity contribution is 0.587. The van der Waals surface area contributed by atoms with E-state index in [0.29, 0.717) is 6.42 Å². The maximum Gasteiger partial charge on any atom is 0.211 e. The zero-order valence-electron chi connectivity index (χ0n) is 13.3. The van der Waals surface area contributed by atoms with Crippen molar-refractivity contribution in [2.45, 2.75) is 26.2 Å². The number of aromatic amines is 1. The highest BCUT2D eigenvalue weighted by molar-refractivity contribution is 7.89. The molecule has 1 heterocycles. The van der Waals surface area contributed by atoms with E-state index in [0.717, 1.165) is 37.0 Å². The van der Waals surface area contributed by atoms with Crippen molar-refractivity contribution in [3.8, 4) is 0 Å². The third-order valence-corrected chi connectivity index (χ3v) is 5.16. The molecule has 0 spiro atoms. The summed E-state index contributed by atoms with van der Waals surface area (Å²) in [6.45, 7) is 4.15. The molecule has 0 aliphatic heterocycles. The van der Waals surface area contributed by atoms with E-state index in [2.05, 4.69) is 28.0 Å². The van der Waals surface area contributed by atoms with E-state index in [9.17, 15) is 8.42 Å². The number of hydrogen-bond donors (Lipinski definition) is 3. The highest BCUT2D eigenvalue weighted by Crippen LogP contribution is 2.20. The van der Waals surface area contributed by atoms with Gasteiger partial charge in [0.05, 0.1) is 5.75 Å². The van der Waals surface area contributed by atoms with Crippen LogP contribution in [0.1, 0.15) is 24.5 Å². The predicted molar refractivity (Wildman–Crippen MR) is 91.7 cm³/mol. The number of rotatable bonds is 9. The Balaban J connectivity index is 2.07. The van der Waals surface area contributed by atoms with Gasteiger partial charge >= 0.3 is 0 Å². The smallest absolute Gasteiger partial charge is 0.211 e. The van der Waals surface area contributed by atoms with Crippen molar-refractivity contribution in [3.63, 3.8) is 0 Å². The number of H-pyrrole nitrogens is 1. The zero-order chi connectivity index (χ0) is 16.0. The Morgan fingerprint density at radius 3 is 2.73 bits per heavy atom. The van der Waals surface area contributed by atoms with Crippen LogP contribution in [0.25, 0.3) is 10.9 Å². The second kappa shape index (κ2) is 7.76. The van der Waals surface area contributed by atoms with Gasteiger partial charge in [0.2, 0.25) is 10.0 Å². The van der Waals surface area contributed by atoms with Crippen LogP contribution in [-0.2, 0) is 22.9 Å². The van der Waals surface area contributed by atoms with Gasteiger partial charge in [-0.3, -0.25) is 0 Å². The lowest BCUT2D eigenvalue weighted by Crippen LogP contribution is -2.23. The molecule has 122 valence electrons. The first kappa shape index (κ1) is 17.0. The summed E-state index contributed by atoms with van der Waals surface area (Å²) in [7, 11) is -1.71. The second-order valence-corrected chi connectivity index (χ2v) is 7.51. The van der Waals surface area contributed by atoms with E-state index < -0.39 is 10.0 Å². The highest BCUT2D eigenvalue weighted by atomic mass is 32.2. The van der Waals surface area contributed by atoms with E-state index in [4.69, 9.17) is 0 Å². The Morgan fingerprint density at radius 2 is 2.00 bits per heavy atom. The molecule has 0 atom stereocenters. The van der Waals surface area contributed by atoms with Crippen LogP contribution in [0, 0.1) is 0 Å². The Hall–Kier alpha value is -1.37. The number of hydrogen-bond acceptors (Lipinski definition) is 3. The minimum absolute atomic E-state index is 0.118. The number of fused-ring (bicyclic) bond motifs is 1. The molecule has 0 aliphatic carbocycles. The summed E-state index contributed by atoms with van der Waals surface area (Å²) in [6.07, 6.45) is 4.68. The summed E-state index contributed by atoms with van der Waals surface area (Å²) in [5, 5.41) is 4.60. The lowest BCUT2D eigenvalue weighted by Gasteiger charge is -2.05. The van der Waals surface area contributed by atoms with Crippen molar-refractivity contribution < 1.29 is 8.42 Å². The van der Waals surface area contributed by atoms with Crippen molar-refractivity contribution in [1.29, 1.82) is 0 Å². The Morgan fingerprint density at radius 1 is 1.18 bits per heavy atom. The summed E-state index contributed by atoms with van der Waals surface area (Å²) in [6, 6.07) is 6.12. The third kappa shape index (κ3) is 4.56. The van der Waals surface area contributed by atoms with E-state index in [-0.39, 0.29) is 5.75 Å². The minimum atomic E-state index is -3.16. The van der Waals surface area contributed by atoms with E-state index in [1.54, 1.807) is 0 Å². The number of benzene rings is 1. The first-order chi connectivity index (χ1) is 10.6. The second-order valence-electron chi connectivity index (χ2n) is 5.47. The van der Waals surface area contributed by atoms with Gasteiger partial charge in [0.15, 0.2) is 0 Å². The number of nitrogens with one attached hydrogen (secondary N) is 3. The van der Waals surface area contributed by atoms with Crippen LogP contribution in [0.15, 0.2) is 24.4 Å². The maximum absolute atomic E-state index is 11.5. The Kier molecular flexibility index (Phi) is 5.99. The van der Waals surface area contributed by atoms with Gasteiger partial charge in [0.25, 0.3) is 0 Å². The van der Waals surface area contributed by atoms with Crippen LogP contribution in [-0.4, -0.2) is 39.3 Å². The summed E-state index contributed by atoms with van der Waals surface area (Å²) in [5.74, 6) is 0.118. The fraction of sp³-hybridized carbons (Fsp3) is 0.500. The van der Waals surface area contributed by atoms with Crippen LogP contribution in [0.4, 0.5) is 0 Å². The van der Waals surface area contributed by atoms with Gasteiger partial charge in [-0.2, -0.15) is 0 Å². The molecule has 0 aliphatic rings. The quantitative estimate of drug-likeness (QED) is 0.616. The maximum atomic E-state index is 11.5. The molecule has 2 aromatic rings. The van der Waals surface area contributed by atoms with Crippen molar-refractivity contribution in [1.82, 2.24) is 15.0 Å². The fourth-order valence-electron chi connectivity index (χ4n) is 2.47. The van der Waals surface area contributed by atoms with Crippen molar-refractivity contribution in [2.75, 3.05) is 25.9 Å². The van der Waals surface area contributed by atoms with Gasteiger partial charge in [0.1, 0.15) is 0 Å². The molecular formula is C16H25N3O2S. The molecule has 1 aromatic carbocycles. The van der Waals surface area contributed by atoms with Gasteiger partial charge in [0, 0.05) is 17.1 Å². The van der Waals surface area contributed by atoms with E-state index in [1.807, 2.05) is 18.3 Å². The van der Waals surface area contributed by atoms with Crippen molar-refractivity contribution in [2.24, 2.45) is 0 Å². The van der Waals surface area contributed by atoms with Crippen molar-refractivity contribution >= 4 is 20.9 Å². The third-order valence-electron chi connectivity index (χ3n) is 3.80. The van der Waals surface area contributed by atoms with Crippen LogP contribution in [0.5, 0.6) is 0 Å². The summed E-state index contributed by atoms with van der Waals surface area (Å²) in [4.78, 5) is 3.28. The SMILES string of the molecule is CCCNCCc1c[nH]c2ccc(CCS(=O)(=O)NC)cc12. The zero-order valence-corrected chi connectivity index (χ0v) is 14.1. The summed E-state index contributed by atoms with van der Waals surface area (Å²) in [5.41, 5.74) is 3.43. The fourth-order valence-corrected chi connectivity index (χ4v) is 3.18. The van der Waals surface area contributed by atoms with E-state index >= 15 is 0 Å². The average molecular weight is 323 g/mol.